The number of likely N-dealkylation sites (N-methyl/N-ethyl adjacent to an activating group) is 1. The van der Waals surface area contributed by atoms with Crippen molar-refractivity contribution in [3.05, 3.63) is 58.7 Å². The van der Waals surface area contributed by atoms with Crippen LogP contribution in [0.25, 0.3) is 5.70 Å². The fourth-order valence-corrected chi connectivity index (χ4v) is 2.45. The molecule has 0 radical (unpaired) electrons. The van der Waals surface area contributed by atoms with Crippen molar-refractivity contribution in [3.63, 3.8) is 0 Å². The Morgan fingerprint density at radius 1 is 1.24 bits per heavy atom. The number of ether oxygens (including phenoxy) is 1. The van der Waals surface area contributed by atoms with Gasteiger partial charge in [0.2, 0.25) is 0 Å². The van der Waals surface area contributed by atoms with Crippen molar-refractivity contribution in [1.82, 2.24) is 4.90 Å². The molecule has 0 aromatic heterocycles. The summed E-state index contributed by atoms with van der Waals surface area (Å²) in [5, 5.41) is 0. The van der Waals surface area contributed by atoms with Crippen LogP contribution in [-0.4, -0.2) is 24.5 Å². The van der Waals surface area contributed by atoms with Crippen molar-refractivity contribution in [3.8, 4) is 5.75 Å². The summed E-state index contributed by atoms with van der Waals surface area (Å²) < 4.78 is 30.1. The second-order valence-electron chi connectivity index (χ2n) is 4.48. The van der Waals surface area contributed by atoms with Gasteiger partial charge in [-0.05, 0) is 64.8 Å². The summed E-state index contributed by atoms with van der Waals surface area (Å²) in [4.78, 5) is 2.08. The average molecular weight is 356 g/mol. The van der Waals surface area contributed by atoms with Crippen molar-refractivity contribution in [2.75, 3.05) is 13.2 Å². The molecule has 1 aliphatic heterocycles. The van der Waals surface area contributed by atoms with Crippen LogP contribution in [0.2, 0.25) is 0 Å². The summed E-state index contributed by atoms with van der Waals surface area (Å²) in [6.07, 6.45) is 1.48. The van der Waals surface area contributed by atoms with Crippen LogP contribution in [0.15, 0.2) is 53.2 Å². The number of rotatable bonds is 5. The van der Waals surface area contributed by atoms with E-state index in [-0.39, 0.29) is 0 Å². The third-order valence-corrected chi connectivity index (χ3v) is 3.84. The first-order valence-corrected chi connectivity index (χ1v) is 7.38. The normalized spacial score (nSPS) is 15.1. The van der Waals surface area contributed by atoms with E-state index in [1.807, 2.05) is 31.2 Å². The Kier molecular flexibility index (Phi) is 5.17. The summed E-state index contributed by atoms with van der Waals surface area (Å²) in [6, 6.07) is 7.11. The van der Waals surface area contributed by atoms with Crippen LogP contribution in [-0.2, 0) is 0 Å². The van der Waals surface area contributed by atoms with E-state index >= 15 is 0 Å². The maximum absolute atomic E-state index is 12.1. The second kappa shape index (κ2) is 6.89. The largest absolute Gasteiger partial charge is 0.488 e. The molecule has 1 heterocycles. The minimum absolute atomic E-state index is 0.439. The third-order valence-electron chi connectivity index (χ3n) is 3.12. The zero-order valence-electron chi connectivity index (χ0n) is 11.7. The van der Waals surface area contributed by atoms with Gasteiger partial charge in [0.05, 0.1) is 0 Å². The molecule has 0 saturated carbocycles. The lowest BCUT2D eigenvalue weighted by atomic mass is 10.1. The maximum Gasteiger partial charge on any atom is 0.272 e. The van der Waals surface area contributed by atoms with E-state index < -0.39 is 13.0 Å². The van der Waals surface area contributed by atoms with Crippen LogP contribution < -0.4 is 4.74 Å². The summed E-state index contributed by atoms with van der Waals surface area (Å²) in [5.41, 5.74) is 2.90. The Labute approximate surface area is 131 Å². The number of benzene rings is 1. The Bertz CT molecular complexity index is 578. The van der Waals surface area contributed by atoms with E-state index in [1.165, 1.54) is 0 Å². The molecule has 1 aromatic rings. The van der Waals surface area contributed by atoms with Crippen molar-refractivity contribution in [1.29, 1.82) is 0 Å². The van der Waals surface area contributed by atoms with Crippen molar-refractivity contribution in [2.24, 2.45) is 0 Å². The van der Waals surface area contributed by atoms with Crippen molar-refractivity contribution >= 4 is 21.6 Å². The molecule has 112 valence electrons. The average Bonchev–Trinajstić information content (AvgIpc) is 2.48. The lowest BCUT2D eigenvalue weighted by molar-refractivity contribution is 0.0819. The summed E-state index contributed by atoms with van der Waals surface area (Å²) in [7, 11) is 0. The molecular weight excluding hydrogens is 340 g/mol. The zero-order chi connectivity index (χ0) is 15.4. The van der Waals surface area contributed by atoms with Gasteiger partial charge in [-0.25, -0.2) is 8.78 Å². The fraction of sp³-hybridized carbons (Fsp3) is 0.250. The number of allylic oxidation sites excluding steroid dienone is 3. The van der Waals surface area contributed by atoms with Crippen LogP contribution in [0.5, 0.6) is 5.75 Å². The molecule has 0 N–H and O–H groups in total. The van der Waals surface area contributed by atoms with Crippen LogP contribution >= 0.6 is 15.9 Å². The zero-order valence-corrected chi connectivity index (χ0v) is 13.2. The Hall–Kier alpha value is -1.62. The fourth-order valence-electron chi connectivity index (χ4n) is 2.11. The van der Waals surface area contributed by atoms with Gasteiger partial charge in [-0.15, -0.1) is 0 Å². The molecule has 2 rings (SSSR count). The van der Waals surface area contributed by atoms with E-state index in [9.17, 15) is 8.78 Å². The van der Waals surface area contributed by atoms with E-state index in [4.69, 9.17) is 4.74 Å². The molecule has 0 amide bonds. The minimum Gasteiger partial charge on any atom is -0.488 e. The standard InChI is InChI=1S/C16H16BrF2NO/c1-3-20-11(2)14(17)8-9-15(20)12-4-6-13(7-5-12)21-10-16(18)19/h4-9,16H,2-3,10H2,1H3. The summed E-state index contributed by atoms with van der Waals surface area (Å²) in [6.45, 7) is 6.30. The molecule has 0 atom stereocenters. The first kappa shape index (κ1) is 15.8. The van der Waals surface area contributed by atoms with E-state index in [0.717, 1.165) is 28.0 Å². The number of alkyl halides is 2. The van der Waals surface area contributed by atoms with Gasteiger partial charge >= 0.3 is 0 Å². The Morgan fingerprint density at radius 3 is 2.48 bits per heavy atom. The number of hydrogen-bond acceptors (Lipinski definition) is 2. The molecule has 21 heavy (non-hydrogen) atoms. The molecule has 0 saturated heterocycles. The molecule has 0 bridgehead atoms. The third kappa shape index (κ3) is 3.73. The molecule has 1 aliphatic rings. The van der Waals surface area contributed by atoms with Gasteiger partial charge in [0.25, 0.3) is 6.43 Å². The molecule has 2 nitrogen and oxygen atoms in total. The smallest absolute Gasteiger partial charge is 0.272 e. The predicted molar refractivity (Wildman–Crippen MR) is 84.4 cm³/mol. The van der Waals surface area contributed by atoms with E-state index in [1.54, 1.807) is 12.1 Å². The van der Waals surface area contributed by atoms with Crippen LogP contribution in [0.4, 0.5) is 8.78 Å². The van der Waals surface area contributed by atoms with E-state index in [0.29, 0.717) is 5.75 Å². The Balaban J connectivity index is 2.19. The molecule has 0 unspecified atom stereocenters. The summed E-state index contributed by atoms with van der Waals surface area (Å²) >= 11 is 3.46. The SMILES string of the molecule is C=C1C(Br)=CC=C(c2ccc(OCC(F)F)cc2)N1CC. The first-order valence-electron chi connectivity index (χ1n) is 6.58. The van der Waals surface area contributed by atoms with Crippen molar-refractivity contribution in [2.45, 2.75) is 13.3 Å². The van der Waals surface area contributed by atoms with Crippen LogP contribution in [0.1, 0.15) is 12.5 Å². The number of halogens is 3. The summed E-state index contributed by atoms with van der Waals surface area (Å²) in [5.74, 6) is 0.439. The van der Waals surface area contributed by atoms with Gasteiger partial charge in [0.15, 0.2) is 0 Å². The quantitative estimate of drug-likeness (QED) is 0.752. The number of nitrogens with zero attached hydrogens (tertiary/aromatic N) is 1. The maximum atomic E-state index is 12.1. The van der Waals surface area contributed by atoms with Crippen LogP contribution in [0.3, 0.4) is 0 Å². The van der Waals surface area contributed by atoms with Crippen LogP contribution in [0, 0.1) is 0 Å². The molecule has 0 spiro atoms. The molecule has 0 fully saturated rings. The molecule has 5 heteroatoms. The van der Waals surface area contributed by atoms with Gasteiger partial charge in [0.1, 0.15) is 12.4 Å². The number of hydrogen-bond donors (Lipinski definition) is 0. The highest BCUT2D eigenvalue weighted by Crippen LogP contribution is 2.33. The lowest BCUT2D eigenvalue weighted by Crippen LogP contribution is -2.22. The van der Waals surface area contributed by atoms with Gasteiger partial charge < -0.3 is 9.64 Å². The van der Waals surface area contributed by atoms with Crippen molar-refractivity contribution < 1.29 is 13.5 Å². The van der Waals surface area contributed by atoms with Gasteiger partial charge in [-0.3, -0.25) is 0 Å². The van der Waals surface area contributed by atoms with Gasteiger partial charge in [-0.2, -0.15) is 0 Å². The second-order valence-corrected chi connectivity index (χ2v) is 5.34. The monoisotopic (exact) mass is 355 g/mol. The highest BCUT2D eigenvalue weighted by atomic mass is 79.9. The molecule has 1 aromatic carbocycles. The van der Waals surface area contributed by atoms with E-state index in [2.05, 4.69) is 27.4 Å². The lowest BCUT2D eigenvalue weighted by Gasteiger charge is -2.30. The highest BCUT2D eigenvalue weighted by Gasteiger charge is 2.18. The predicted octanol–water partition coefficient (Wildman–Crippen LogP) is 4.80. The topological polar surface area (TPSA) is 12.5 Å². The van der Waals surface area contributed by atoms with Gasteiger partial charge in [0, 0.05) is 22.4 Å². The first-order chi connectivity index (χ1) is 10.0. The van der Waals surface area contributed by atoms with Gasteiger partial charge in [-0.1, -0.05) is 6.58 Å². The Morgan fingerprint density at radius 2 is 1.90 bits per heavy atom. The highest BCUT2D eigenvalue weighted by molar-refractivity contribution is 9.12. The minimum atomic E-state index is -2.47. The molecule has 0 aliphatic carbocycles. The molecular formula is C16H16BrF2NO.